The van der Waals surface area contributed by atoms with Gasteiger partial charge >= 0.3 is 6.03 Å². The molecule has 3 amide bonds. The Hall–Kier alpha value is -1.98. The van der Waals surface area contributed by atoms with E-state index in [0.29, 0.717) is 5.84 Å². The SMILES string of the molecule is C=C[N+]1=CN=C2C1C(=O)N(C)C(=O)N2C. The van der Waals surface area contributed by atoms with Crippen molar-refractivity contribution in [3.63, 3.8) is 0 Å². The van der Waals surface area contributed by atoms with E-state index >= 15 is 0 Å². The Morgan fingerprint density at radius 1 is 1.47 bits per heavy atom. The van der Waals surface area contributed by atoms with E-state index in [1.165, 1.54) is 24.5 Å². The number of amidine groups is 1. The molecule has 6 nitrogen and oxygen atoms in total. The molecule has 2 aliphatic heterocycles. The molecule has 0 aromatic rings. The van der Waals surface area contributed by atoms with Crippen molar-refractivity contribution in [1.82, 2.24) is 9.80 Å². The summed E-state index contributed by atoms with van der Waals surface area (Å²) < 4.78 is 1.58. The molecule has 1 saturated heterocycles. The molecule has 0 aromatic carbocycles. The molecule has 1 unspecified atom stereocenters. The van der Waals surface area contributed by atoms with Crippen LogP contribution in [0.2, 0.25) is 0 Å². The number of fused-ring (bicyclic) bond motifs is 1. The third kappa shape index (κ3) is 1.11. The summed E-state index contributed by atoms with van der Waals surface area (Å²) in [6.07, 6.45) is 3.00. The Labute approximate surface area is 86.8 Å². The zero-order valence-electron chi connectivity index (χ0n) is 8.54. The lowest BCUT2D eigenvalue weighted by Gasteiger charge is -2.29. The molecule has 2 rings (SSSR count). The summed E-state index contributed by atoms with van der Waals surface area (Å²) in [7, 11) is 3.05. The molecule has 0 bridgehead atoms. The first-order valence-corrected chi connectivity index (χ1v) is 4.44. The predicted octanol–water partition coefficient (Wildman–Crippen LogP) is -0.525. The third-order valence-electron chi connectivity index (χ3n) is 2.56. The summed E-state index contributed by atoms with van der Waals surface area (Å²) in [6, 6.07) is -0.912. The van der Waals surface area contributed by atoms with Gasteiger partial charge in [-0.05, 0) is 4.99 Å². The minimum atomic E-state index is -0.546. The van der Waals surface area contributed by atoms with Gasteiger partial charge in [-0.15, -0.1) is 0 Å². The lowest BCUT2D eigenvalue weighted by atomic mass is 10.2. The fraction of sp³-hybridized carbons (Fsp3) is 0.333. The van der Waals surface area contributed by atoms with Gasteiger partial charge < -0.3 is 0 Å². The van der Waals surface area contributed by atoms with Gasteiger partial charge in [0.2, 0.25) is 0 Å². The van der Waals surface area contributed by atoms with Gasteiger partial charge in [0, 0.05) is 14.1 Å². The van der Waals surface area contributed by atoms with Crippen molar-refractivity contribution in [2.75, 3.05) is 14.1 Å². The molecule has 1 atom stereocenters. The average molecular weight is 207 g/mol. The largest absolute Gasteiger partial charge is 0.333 e. The van der Waals surface area contributed by atoms with Gasteiger partial charge in [0.25, 0.3) is 24.1 Å². The van der Waals surface area contributed by atoms with Gasteiger partial charge in [0.15, 0.2) is 0 Å². The molecule has 0 N–H and O–H groups in total. The van der Waals surface area contributed by atoms with Crippen molar-refractivity contribution in [2.24, 2.45) is 4.99 Å². The second-order valence-electron chi connectivity index (χ2n) is 3.37. The second-order valence-corrected chi connectivity index (χ2v) is 3.37. The first-order chi connectivity index (χ1) is 7.07. The molecule has 0 radical (unpaired) electrons. The normalized spacial score (nSPS) is 25.1. The number of amides is 3. The number of carbonyl (C=O) groups excluding carboxylic acids is 2. The van der Waals surface area contributed by atoms with Crippen LogP contribution in [0.5, 0.6) is 0 Å². The number of imide groups is 1. The molecule has 78 valence electrons. The first kappa shape index (κ1) is 9.57. The van der Waals surface area contributed by atoms with Crippen molar-refractivity contribution in [3.05, 3.63) is 12.8 Å². The summed E-state index contributed by atoms with van der Waals surface area (Å²) >= 11 is 0. The van der Waals surface area contributed by atoms with E-state index in [1.807, 2.05) is 0 Å². The zero-order valence-corrected chi connectivity index (χ0v) is 8.54. The van der Waals surface area contributed by atoms with Crippen LogP contribution in [0.3, 0.4) is 0 Å². The summed E-state index contributed by atoms with van der Waals surface area (Å²) in [5.41, 5.74) is 0. The highest BCUT2D eigenvalue weighted by Gasteiger charge is 2.49. The van der Waals surface area contributed by atoms with Crippen LogP contribution in [0.15, 0.2) is 17.8 Å². The lowest BCUT2D eigenvalue weighted by Crippen LogP contribution is -2.60. The van der Waals surface area contributed by atoms with Gasteiger partial charge in [-0.25, -0.2) is 9.37 Å². The van der Waals surface area contributed by atoms with E-state index < -0.39 is 6.04 Å². The Balaban J connectivity index is 2.44. The third-order valence-corrected chi connectivity index (χ3v) is 2.56. The number of rotatable bonds is 1. The quantitative estimate of drug-likeness (QED) is 0.543. The van der Waals surface area contributed by atoms with Crippen molar-refractivity contribution in [1.29, 1.82) is 0 Å². The highest BCUT2D eigenvalue weighted by molar-refractivity contribution is 6.21. The molecule has 0 aromatic heterocycles. The monoisotopic (exact) mass is 207 g/mol. The van der Waals surface area contributed by atoms with Gasteiger partial charge in [0.05, 0.1) is 6.20 Å². The van der Waals surface area contributed by atoms with E-state index in [0.717, 1.165) is 4.90 Å². The number of hydrogen-bond donors (Lipinski definition) is 0. The van der Waals surface area contributed by atoms with Gasteiger partial charge in [-0.1, -0.05) is 6.58 Å². The topological polar surface area (TPSA) is 56.0 Å². The maximum Gasteiger partial charge on any atom is 0.333 e. The van der Waals surface area contributed by atoms with Gasteiger partial charge in [-0.3, -0.25) is 14.6 Å². The predicted molar refractivity (Wildman–Crippen MR) is 53.7 cm³/mol. The van der Waals surface area contributed by atoms with Crippen molar-refractivity contribution < 1.29 is 14.2 Å². The molecule has 15 heavy (non-hydrogen) atoms. The Morgan fingerprint density at radius 3 is 2.73 bits per heavy atom. The van der Waals surface area contributed by atoms with Crippen LogP contribution in [0.1, 0.15) is 0 Å². The Bertz CT molecular complexity index is 424. The molecule has 0 spiro atoms. The maximum absolute atomic E-state index is 11.8. The standard InChI is InChI=1S/C9H11N4O2/c1-4-13-5-10-7-6(13)8(14)12(3)9(15)11(7)2/h4-6H,1H2,2-3H3/q+1. The molecule has 6 heteroatoms. The number of carbonyl (C=O) groups is 2. The van der Waals surface area contributed by atoms with Crippen LogP contribution in [-0.4, -0.2) is 58.6 Å². The highest BCUT2D eigenvalue weighted by atomic mass is 16.2. The number of likely N-dealkylation sites (N-methyl/N-ethyl adjacent to an activating group) is 2. The Morgan fingerprint density at radius 2 is 2.13 bits per heavy atom. The van der Waals surface area contributed by atoms with E-state index in [-0.39, 0.29) is 11.9 Å². The average Bonchev–Trinajstić information content (AvgIpc) is 2.67. The van der Waals surface area contributed by atoms with Gasteiger partial charge in [-0.2, -0.15) is 0 Å². The van der Waals surface area contributed by atoms with E-state index in [2.05, 4.69) is 11.6 Å². The minimum absolute atomic E-state index is 0.287. The molecule has 0 aliphatic carbocycles. The first-order valence-electron chi connectivity index (χ1n) is 4.44. The summed E-state index contributed by atoms with van der Waals surface area (Å²) in [5.74, 6) is 0.161. The van der Waals surface area contributed by atoms with Crippen molar-refractivity contribution in [2.45, 2.75) is 6.04 Å². The van der Waals surface area contributed by atoms with E-state index in [9.17, 15) is 9.59 Å². The lowest BCUT2D eigenvalue weighted by molar-refractivity contribution is -0.461. The van der Waals surface area contributed by atoms with Crippen LogP contribution in [-0.2, 0) is 4.79 Å². The number of aliphatic imine (C=N–C) groups is 1. The molecular formula is C9H11N4O2+. The molecule has 1 fully saturated rings. The highest BCUT2D eigenvalue weighted by Crippen LogP contribution is 2.16. The fourth-order valence-corrected chi connectivity index (χ4v) is 1.66. The smallest absolute Gasteiger partial charge is 0.269 e. The molecule has 0 saturated carbocycles. The minimum Gasteiger partial charge on any atom is -0.269 e. The van der Waals surface area contributed by atoms with E-state index in [4.69, 9.17) is 0 Å². The summed E-state index contributed by atoms with van der Waals surface area (Å²) in [4.78, 5) is 29.9. The number of hydrogen-bond acceptors (Lipinski definition) is 3. The van der Waals surface area contributed by atoms with Crippen LogP contribution in [0.4, 0.5) is 4.79 Å². The number of urea groups is 1. The molecule has 2 aliphatic rings. The Kier molecular flexibility index (Phi) is 1.92. The van der Waals surface area contributed by atoms with Gasteiger partial charge in [0.1, 0.15) is 0 Å². The van der Waals surface area contributed by atoms with Crippen LogP contribution in [0, 0.1) is 0 Å². The second kappa shape index (κ2) is 3.01. The summed E-state index contributed by atoms with van der Waals surface area (Å²) in [5, 5.41) is 0. The van der Waals surface area contributed by atoms with Crippen LogP contribution in [0.25, 0.3) is 0 Å². The van der Waals surface area contributed by atoms with Crippen LogP contribution >= 0.6 is 0 Å². The molecular weight excluding hydrogens is 196 g/mol. The van der Waals surface area contributed by atoms with E-state index in [1.54, 1.807) is 11.6 Å². The molecule has 2 heterocycles. The van der Waals surface area contributed by atoms with Crippen LogP contribution < -0.4 is 0 Å². The van der Waals surface area contributed by atoms with Crippen molar-refractivity contribution >= 4 is 24.1 Å². The fourth-order valence-electron chi connectivity index (χ4n) is 1.66. The zero-order chi connectivity index (χ0) is 11.2. The maximum atomic E-state index is 11.8. The number of nitrogens with zero attached hydrogens (tertiary/aromatic N) is 4. The van der Waals surface area contributed by atoms with Crippen molar-refractivity contribution in [3.8, 4) is 0 Å². The summed E-state index contributed by atoms with van der Waals surface area (Å²) in [6.45, 7) is 3.58.